The van der Waals surface area contributed by atoms with Crippen LogP contribution in [-0.2, 0) is 20.9 Å². The maximum absolute atomic E-state index is 14.0. The molecule has 3 aromatic rings. The number of carbonyl (C=O) groups is 2. The molecule has 3 aromatic carbocycles. The Hall–Kier alpha value is -3.75. The minimum atomic E-state index is -1.26. The van der Waals surface area contributed by atoms with Gasteiger partial charge in [-0.1, -0.05) is 37.6 Å². The first-order valence-electron chi connectivity index (χ1n) is 12.5. The summed E-state index contributed by atoms with van der Waals surface area (Å²) >= 11 is 6.48. The number of methoxy groups -OCH3 is 3. The highest BCUT2D eigenvalue weighted by atomic mass is 35.5. The van der Waals surface area contributed by atoms with E-state index in [0.29, 0.717) is 39.1 Å². The molecule has 1 aliphatic heterocycles. The van der Waals surface area contributed by atoms with Crippen LogP contribution < -0.4 is 19.1 Å². The number of anilines is 1. The summed E-state index contributed by atoms with van der Waals surface area (Å²) in [5.41, 5.74) is 3.61. The number of carbonyl (C=O) groups excluding carboxylic acids is 1. The average Bonchev–Trinajstić information content (AvgIpc) is 3.02. The van der Waals surface area contributed by atoms with Gasteiger partial charge in [-0.25, -0.2) is 0 Å². The third-order valence-electron chi connectivity index (χ3n) is 6.77. The number of nitrogens with zero attached hydrogens (tertiary/aromatic N) is 1. The molecule has 9 heteroatoms. The van der Waals surface area contributed by atoms with Gasteiger partial charge >= 0.3 is 5.97 Å². The van der Waals surface area contributed by atoms with E-state index in [-0.39, 0.29) is 12.5 Å². The molecule has 0 fully saturated rings. The SMILES string of the molecule is COc1ccc(CN2C(=O)[C@@H](CC(=O)O)O[C@H](c3cccc(OC)c3C(C)C)c3cc(Cl)ccc32)c(OC)c1. The summed E-state index contributed by atoms with van der Waals surface area (Å²) in [5.74, 6) is 0.252. The lowest BCUT2D eigenvalue weighted by atomic mass is 9.89. The molecular formula is C30H32ClNO7. The van der Waals surface area contributed by atoms with Gasteiger partial charge in [-0.2, -0.15) is 0 Å². The van der Waals surface area contributed by atoms with Gasteiger partial charge in [0, 0.05) is 27.8 Å². The van der Waals surface area contributed by atoms with E-state index in [2.05, 4.69) is 0 Å². The number of carboxylic acids is 1. The summed E-state index contributed by atoms with van der Waals surface area (Å²) in [5, 5.41) is 10.2. The van der Waals surface area contributed by atoms with Gasteiger partial charge < -0.3 is 29.0 Å². The average molecular weight is 554 g/mol. The molecule has 1 amide bonds. The molecule has 0 aliphatic carbocycles. The second-order valence-corrected chi connectivity index (χ2v) is 9.96. The van der Waals surface area contributed by atoms with Crippen molar-refractivity contribution in [2.24, 2.45) is 0 Å². The molecule has 1 N–H and O–H groups in total. The summed E-state index contributed by atoms with van der Waals surface area (Å²) in [4.78, 5) is 27.4. The van der Waals surface area contributed by atoms with Crippen molar-refractivity contribution in [3.05, 3.63) is 81.9 Å². The Balaban J connectivity index is 1.93. The Morgan fingerprint density at radius 1 is 1.00 bits per heavy atom. The van der Waals surface area contributed by atoms with E-state index in [1.165, 1.54) is 0 Å². The normalized spacial score (nSPS) is 17.0. The van der Waals surface area contributed by atoms with Crippen LogP contribution in [0, 0.1) is 0 Å². The fraction of sp³-hybridized carbons (Fsp3) is 0.333. The molecule has 1 heterocycles. The molecule has 39 heavy (non-hydrogen) atoms. The smallest absolute Gasteiger partial charge is 0.306 e. The number of halogens is 1. The topological polar surface area (TPSA) is 94.5 Å². The van der Waals surface area contributed by atoms with E-state index >= 15 is 0 Å². The first-order valence-corrected chi connectivity index (χ1v) is 12.9. The molecule has 1 aliphatic rings. The standard InChI is InChI=1S/C30H32ClNO7/c1-17(2)28-21(7-6-8-24(28)37-4)29-22-13-19(31)10-12-23(22)32(30(35)26(39-29)15-27(33)34)16-18-9-11-20(36-3)14-25(18)38-5/h6-14,17,26,29H,15-16H2,1-5H3,(H,33,34)/t26-,29-/m1/s1. The van der Waals surface area contributed by atoms with Crippen molar-refractivity contribution >= 4 is 29.2 Å². The number of hydrogen-bond acceptors (Lipinski definition) is 6. The van der Waals surface area contributed by atoms with Crippen LogP contribution in [0.1, 0.15) is 54.5 Å². The summed E-state index contributed by atoms with van der Waals surface area (Å²) < 4.78 is 23.0. The molecule has 2 atom stereocenters. The predicted molar refractivity (Wildman–Crippen MR) is 148 cm³/mol. The van der Waals surface area contributed by atoms with Crippen molar-refractivity contribution in [1.29, 1.82) is 0 Å². The molecular weight excluding hydrogens is 522 g/mol. The van der Waals surface area contributed by atoms with Crippen LogP contribution in [0.25, 0.3) is 0 Å². The van der Waals surface area contributed by atoms with E-state index in [9.17, 15) is 14.7 Å². The summed E-state index contributed by atoms with van der Waals surface area (Å²) in [6.45, 7) is 4.19. The number of carboxylic acid groups (broad SMARTS) is 1. The maximum Gasteiger partial charge on any atom is 0.306 e. The number of fused-ring (bicyclic) bond motifs is 1. The molecule has 206 valence electrons. The minimum Gasteiger partial charge on any atom is -0.497 e. The molecule has 8 nitrogen and oxygen atoms in total. The summed E-state index contributed by atoms with van der Waals surface area (Å²) in [6, 6.07) is 16.2. The third kappa shape index (κ3) is 5.82. The minimum absolute atomic E-state index is 0.0546. The van der Waals surface area contributed by atoms with Gasteiger partial charge in [0.25, 0.3) is 5.91 Å². The highest BCUT2D eigenvalue weighted by Crippen LogP contribution is 2.44. The zero-order valence-corrected chi connectivity index (χ0v) is 23.3. The first-order chi connectivity index (χ1) is 18.7. The second kappa shape index (κ2) is 12.0. The lowest BCUT2D eigenvalue weighted by Crippen LogP contribution is -2.40. The highest BCUT2D eigenvalue weighted by Gasteiger charge is 2.39. The number of amides is 1. The van der Waals surface area contributed by atoms with Crippen LogP contribution in [-0.4, -0.2) is 44.4 Å². The molecule has 0 unspecified atom stereocenters. The zero-order valence-electron chi connectivity index (χ0n) is 22.6. The molecule has 0 bridgehead atoms. The third-order valence-corrected chi connectivity index (χ3v) is 7.00. The maximum atomic E-state index is 14.0. The van der Waals surface area contributed by atoms with Crippen LogP contribution in [0.15, 0.2) is 54.6 Å². The van der Waals surface area contributed by atoms with E-state index in [1.807, 2.05) is 38.1 Å². The highest BCUT2D eigenvalue weighted by molar-refractivity contribution is 6.30. The van der Waals surface area contributed by atoms with Crippen molar-refractivity contribution in [1.82, 2.24) is 0 Å². The molecule has 0 saturated carbocycles. The number of rotatable bonds is 9. The van der Waals surface area contributed by atoms with Crippen LogP contribution >= 0.6 is 11.6 Å². The van der Waals surface area contributed by atoms with Crippen molar-refractivity contribution < 1.29 is 33.6 Å². The number of ether oxygens (including phenoxy) is 4. The van der Waals surface area contributed by atoms with Gasteiger partial charge in [0.15, 0.2) is 0 Å². The Kier molecular flexibility index (Phi) is 8.67. The molecule has 4 rings (SSSR count). The Labute approximate surface area is 233 Å². The van der Waals surface area contributed by atoms with Crippen LogP contribution in [0.5, 0.6) is 17.2 Å². The quantitative estimate of drug-likeness (QED) is 0.348. The number of hydrogen-bond donors (Lipinski definition) is 1. The molecule has 0 aromatic heterocycles. The Morgan fingerprint density at radius 2 is 1.74 bits per heavy atom. The van der Waals surface area contributed by atoms with E-state index in [4.69, 9.17) is 30.5 Å². The monoisotopic (exact) mass is 553 g/mol. The van der Waals surface area contributed by atoms with E-state index < -0.39 is 30.5 Å². The fourth-order valence-electron chi connectivity index (χ4n) is 5.01. The predicted octanol–water partition coefficient (Wildman–Crippen LogP) is 5.99. The van der Waals surface area contributed by atoms with Crippen LogP contribution in [0.2, 0.25) is 5.02 Å². The fourth-order valence-corrected chi connectivity index (χ4v) is 5.19. The lowest BCUT2D eigenvalue weighted by Gasteiger charge is -2.26. The number of aliphatic carboxylic acids is 1. The Bertz CT molecular complexity index is 1370. The molecule has 0 radical (unpaired) electrons. The Morgan fingerprint density at radius 3 is 2.38 bits per heavy atom. The first kappa shape index (κ1) is 28.3. The molecule has 0 spiro atoms. The summed E-state index contributed by atoms with van der Waals surface area (Å²) in [6.07, 6.45) is -2.54. The summed E-state index contributed by atoms with van der Waals surface area (Å²) in [7, 11) is 4.70. The van der Waals surface area contributed by atoms with Gasteiger partial charge in [-0.15, -0.1) is 0 Å². The van der Waals surface area contributed by atoms with Crippen molar-refractivity contribution in [2.75, 3.05) is 26.2 Å². The van der Waals surface area contributed by atoms with Crippen molar-refractivity contribution in [3.8, 4) is 17.2 Å². The van der Waals surface area contributed by atoms with E-state index in [0.717, 1.165) is 11.1 Å². The van der Waals surface area contributed by atoms with Crippen LogP contribution in [0.4, 0.5) is 5.69 Å². The van der Waals surface area contributed by atoms with Crippen molar-refractivity contribution in [2.45, 2.75) is 44.9 Å². The largest absolute Gasteiger partial charge is 0.497 e. The number of benzene rings is 3. The second-order valence-electron chi connectivity index (χ2n) is 9.53. The van der Waals surface area contributed by atoms with Gasteiger partial charge in [0.2, 0.25) is 0 Å². The van der Waals surface area contributed by atoms with Crippen molar-refractivity contribution in [3.63, 3.8) is 0 Å². The van der Waals surface area contributed by atoms with Gasteiger partial charge in [-0.3, -0.25) is 9.59 Å². The zero-order chi connectivity index (χ0) is 28.3. The van der Waals surface area contributed by atoms with Gasteiger partial charge in [0.1, 0.15) is 29.5 Å². The van der Waals surface area contributed by atoms with Gasteiger partial charge in [-0.05, 0) is 47.9 Å². The van der Waals surface area contributed by atoms with E-state index in [1.54, 1.807) is 56.6 Å². The molecule has 0 saturated heterocycles. The van der Waals surface area contributed by atoms with Crippen LogP contribution in [0.3, 0.4) is 0 Å². The van der Waals surface area contributed by atoms with Gasteiger partial charge in [0.05, 0.1) is 40.0 Å². The lowest BCUT2D eigenvalue weighted by molar-refractivity contribution is -0.147.